The van der Waals surface area contributed by atoms with E-state index in [9.17, 15) is 39.9 Å². The Hall–Kier alpha value is -0.650. The first-order valence-electron chi connectivity index (χ1n) is 4.74. The first-order valence-corrected chi connectivity index (χ1v) is 5.86. The van der Waals surface area contributed by atoms with Crippen LogP contribution in [-0.2, 0) is 14.3 Å². The van der Waals surface area contributed by atoms with Crippen LogP contribution >= 0.6 is 15.9 Å². The predicted molar refractivity (Wildman–Crippen MR) is 49.2 cm³/mol. The van der Waals surface area contributed by atoms with E-state index < -0.39 is 47.9 Å². The minimum absolute atomic E-state index is 1.07. The van der Waals surface area contributed by atoms with E-state index in [-0.39, 0.29) is 0 Å². The van der Waals surface area contributed by atoms with Crippen LogP contribution in [0.4, 0.5) is 35.1 Å². The molecule has 0 saturated carbocycles. The molecular formula is C8H5BrF8O3. The molecule has 20 heavy (non-hydrogen) atoms. The molecule has 1 unspecified atom stereocenters. The number of hydrogen-bond donors (Lipinski definition) is 0. The SMILES string of the molecule is O=C1OC(C(F)(F)F)(C(F)(F)F)OC1CC(F)(F)CBr. The monoisotopic (exact) mass is 380 g/mol. The molecule has 0 aromatic heterocycles. The zero-order valence-electron chi connectivity index (χ0n) is 9.12. The highest BCUT2D eigenvalue weighted by atomic mass is 79.9. The summed E-state index contributed by atoms with van der Waals surface area (Å²) in [5.41, 5.74) is 0. The summed E-state index contributed by atoms with van der Waals surface area (Å²) in [6, 6.07) is 0. The van der Waals surface area contributed by atoms with E-state index in [1.165, 1.54) is 0 Å². The van der Waals surface area contributed by atoms with Crippen molar-refractivity contribution in [3.05, 3.63) is 0 Å². The first kappa shape index (κ1) is 17.4. The van der Waals surface area contributed by atoms with E-state index >= 15 is 0 Å². The Kier molecular flexibility index (Phi) is 4.32. The average Bonchev–Trinajstić information content (AvgIpc) is 2.55. The second-order valence-electron chi connectivity index (χ2n) is 3.83. The Labute approximate surface area is 114 Å². The number of halogens is 9. The fourth-order valence-corrected chi connectivity index (χ4v) is 1.57. The summed E-state index contributed by atoms with van der Waals surface area (Å²) < 4.78 is 107. The van der Waals surface area contributed by atoms with E-state index in [1.807, 2.05) is 0 Å². The van der Waals surface area contributed by atoms with Crippen molar-refractivity contribution >= 4 is 21.9 Å². The molecule has 0 radical (unpaired) electrons. The van der Waals surface area contributed by atoms with Crippen molar-refractivity contribution in [2.45, 2.75) is 36.6 Å². The lowest BCUT2D eigenvalue weighted by Crippen LogP contribution is -2.58. The maximum Gasteiger partial charge on any atom is 0.465 e. The van der Waals surface area contributed by atoms with Gasteiger partial charge in [-0.3, -0.25) is 0 Å². The van der Waals surface area contributed by atoms with Gasteiger partial charge in [-0.15, -0.1) is 0 Å². The van der Waals surface area contributed by atoms with Crippen molar-refractivity contribution in [1.82, 2.24) is 0 Å². The molecule has 1 fully saturated rings. The summed E-state index contributed by atoms with van der Waals surface area (Å²) >= 11 is 2.30. The van der Waals surface area contributed by atoms with Crippen LogP contribution in [0.5, 0.6) is 0 Å². The summed E-state index contributed by atoms with van der Waals surface area (Å²) in [5, 5.41) is -1.07. The number of cyclic esters (lactones) is 1. The van der Waals surface area contributed by atoms with Gasteiger partial charge in [-0.1, -0.05) is 15.9 Å². The number of carbonyl (C=O) groups is 1. The van der Waals surface area contributed by atoms with Gasteiger partial charge in [0.15, 0.2) is 6.10 Å². The van der Waals surface area contributed by atoms with Gasteiger partial charge in [0.1, 0.15) is 0 Å². The zero-order valence-corrected chi connectivity index (χ0v) is 10.7. The van der Waals surface area contributed by atoms with Gasteiger partial charge in [-0.05, 0) is 0 Å². The molecule has 3 nitrogen and oxygen atoms in total. The molecule has 0 N–H and O–H groups in total. The van der Waals surface area contributed by atoms with Crippen molar-refractivity contribution in [3.63, 3.8) is 0 Å². The molecule has 1 saturated heterocycles. The van der Waals surface area contributed by atoms with Gasteiger partial charge >= 0.3 is 24.1 Å². The Morgan fingerprint density at radius 2 is 1.50 bits per heavy atom. The minimum atomic E-state index is -6.15. The molecule has 1 rings (SSSR count). The van der Waals surface area contributed by atoms with Crippen LogP contribution in [0, 0.1) is 0 Å². The van der Waals surface area contributed by atoms with Gasteiger partial charge in [0.25, 0.3) is 5.92 Å². The summed E-state index contributed by atoms with van der Waals surface area (Å²) in [6.45, 7) is 0. The smallest absolute Gasteiger partial charge is 0.414 e. The number of esters is 1. The van der Waals surface area contributed by atoms with E-state index in [2.05, 4.69) is 25.4 Å². The normalized spacial score (nSPS) is 23.9. The second kappa shape index (κ2) is 4.97. The van der Waals surface area contributed by atoms with Crippen LogP contribution in [-0.4, -0.2) is 41.5 Å². The van der Waals surface area contributed by atoms with E-state index in [1.54, 1.807) is 0 Å². The van der Waals surface area contributed by atoms with Crippen molar-refractivity contribution in [2.24, 2.45) is 0 Å². The summed E-state index contributed by atoms with van der Waals surface area (Å²) in [5.74, 6) is -11.1. The number of carbonyl (C=O) groups excluding carboxylic acids is 1. The van der Waals surface area contributed by atoms with Gasteiger partial charge in [-0.25, -0.2) is 13.6 Å². The third kappa shape index (κ3) is 3.00. The number of ether oxygens (including phenoxy) is 2. The van der Waals surface area contributed by atoms with Crippen LogP contribution in [0.15, 0.2) is 0 Å². The largest absolute Gasteiger partial charge is 0.465 e. The van der Waals surface area contributed by atoms with E-state index in [4.69, 9.17) is 0 Å². The Morgan fingerprint density at radius 1 is 1.05 bits per heavy atom. The zero-order chi connectivity index (χ0) is 16.0. The Morgan fingerprint density at radius 3 is 1.80 bits per heavy atom. The van der Waals surface area contributed by atoms with Crippen molar-refractivity contribution in [1.29, 1.82) is 0 Å². The summed E-state index contributed by atoms with van der Waals surface area (Å²) in [4.78, 5) is 11.0. The van der Waals surface area contributed by atoms with Gasteiger partial charge in [0, 0.05) is 6.42 Å². The third-order valence-electron chi connectivity index (χ3n) is 2.24. The highest BCUT2D eigenvalue weighted by molar-refractivity contribution is 9.09. The summed E-state index contributed by atoms with van der Waals surface area (Å²) in [7, 11) is 0. The second-order valence-corrected chi connectivity index (χ2v) is 4.39. The maximum absolute atomic E-state index is 12.9. The first-order chi connectivity index (χ1) is 8.76. The number of rotatable bonds is 3. The molecule has 1 atom stereocenters. The highest BCUT2D eigenvalue weighted by Gasteiger charge is 2.80. The van der Waals surface area contributed by atoms with E-state index in [0.717, 1.165) is 0 Å². The van der Waals surface area contributed by atoms with Crippen LogP contribution in [0.1, 0.15) is 6.42 Å². The van der Waals surface area contributed by atoms with Gasteiger partial charge < -0.3 is 9.47 Å². The van der Waals surface area contributed by atoms with Crippen LogP contribution in [0.2, 0.25) is 0 Å². The van der Waals surface area contributed by atoms with Crippen molar-refractivity contribution < 1.29 is 49.4 Å². The molecule has 0 aromatic carbocycles. The lowest BCUT2D eigenvalue weighted by molar-refractivity contribution is -0.440. The maximum atomic E-state index is 12.9. The van der Waals surface area contributed by atoms with Crippen LogP contribution < -0.4 is 0 Å². The predicted octanol–water partition coefficient (Wildman–Crippen LogP) is 3.17. The van der Waals surface area contributed by atoms with Gasteiger partial charge in [-0.2, -0.15) is 26.3 Å². The lowest BCUT2D eigenvalue weighted by Gasteiger charge is -2.30. The Balaban J connectivity index is 3.09. The summed E-state index contributed by atoms with van der Waals surface area (Å²) in [6.07, 6.45) is -16.7. The van der Waals surface area contributed by atoms with Crippen LogP contribution in [0.25, 0.3) is 0 Å². The van der Waals surface area contributed by atoms with E-state index in [0.29, 0.717) is 0 Å². The molecule has 1 aliphatic rings. The van der Waals surface area contributed by atoms with Crippen molar-refractivity contribution in [2.75, 3.05) is 5.33 Å². The fourth-order valence-electron chi connectivity index (χ4n) is 1.34. The van der Waals surface area contributed by atoms with Gasteiger partial charge in [0.05, 0.1) is 5.33 Å². The van der Waals surface area contributed by atoms with Gasteiger partial charge in [0.2, 0.25) is 0 Å². The molecule has 118 valence electrons. The quantitative estimate of drug-likeness (QED) is 0.428. The highest BCUT2D eigenvalue weighted by Crippen LogP contribution is 2.51. The van der Waals surface area contributed by atoms with Crippen LogP contribution in [0.3, 0.4) is 0 Å². The molecule has 0 aromatic rings. The average molecular weight is 381 g/mol. The Bertz CT molecular complexity index is 376. The molecule has 0 bridgehead atoms. The minimum Gasteiger partial charge on any atom is -0.414 e. The topological polar surface area (TPSA) is 35.5 Å². The molecule has 1 heterocycles. The lowest BCUT2D eigenvalue weighted by atomic mass is 10.1. The number of alkyl halides is 9. The number of hydrogen-bond acceptors (Lipinski definition) is 3. The molecule has 1 aliphatic heterocycles. The molecule has 12 heteroatoms. The third-order valence-corrected chi connectivity index (χ3v) is 3.06. The molecule has 0 aliphatic carbocycles. The standard InChI is InChI=1S/C8H5BrF8O3/c9-2-5(10,11)1-3-4(18)20-6(19-3,7(12,13)14)8(15,16)17/h3H,1-2H2. The fraction of sp³-hybridized carbons (Fsp3) is 0.875. The molecule has 0 amide bonds. The molecular weight excluding hydrogens is 376 g/mol. The van der Waals surface area contributed by atoms with Crippen molar-refractivity contribution in [3.8, 4) is 0 Å². The molecule has 0 spiro atoms.